The number of nitrogens with one attached hydrogen (secondary N) is 1. The third-order valence-corrected chi connectivity index (χ3v) is 2.57. The van der Waals surface area contributed by atoms with Crippen molar-refractivity contribution in [1.82, 2.24) is 5.32 Å². The second-order valence-electron chi connectivity index (χ2n) is 4.17. The Morgan fingerprint density at radius 2 is 2.11 bits per heavy atom. The van der Waals surface area contributed by atoms with Crippen LogP contribution in [-0.4, -0.2) is 19.3 Å². The molecule has 1 rings (SSSR count). The topological polar surface area (TPSA) is 35.8 Å². The van der Waals surface area contributed by atoms with Crippen LogP contribution < -0.4 is 5.32 Å². The molecule has 1 aromatic rings. The van der Waals surface area contributed by atoms with Crippen molar-refractivity contribution in [1.29, 1.82) is 5.26 Å². The predicted molar refractivity (Wildman–Crippen MR) is 62.9 cm³/mol. The van der Waals surface area contributed by atoms with E-state index in [0.717, 1.165) is 11.1 Å². The molecule has 1 aromatic carbocycles. The van der Waals surface area contributed by atoms with Crippen molar-refractivity contribution in [2.24, 2.45) is 5.92 Å². The Kier molecular flexibility index (Phi) is 5.17. The monoisotopic (exact) mass is 256 g/mol. The molecular formula is C13H15F3N2. The van der Waals surface area contributed by atoms with Gasteiger partial charge in [-0.1, -0.05) is 29.8 Å². The lowest BCUT2D eigenvalue weighted by atomic mass is 10.1. The lowest BCUT2D eigenvalue weighted by molar-refractivity contribution is -0.157. The minimum atomic E-state index is -4.45. The van der Waals surface area contributed by atoms with Crippen molar-refractivity contribution in [2.45, 2.75) is 19.5 Å². The van der Waals surface area contributed by atoms with Gasteiger partial charge in [0.2, 0.25) is 0 Å². The van der Waals surface area contributed by atoms with Crippen molar-refractivity contribution >= 4 is 0 Å². The number of alkyl halides is 3. The Labute approximate surface area is 104 Å². The molecule has 98 valence electrons. The number of halogens is 3. The third kappa shape index (κ3) is 4.76. The predicted octanol–water partition coefficient (Wildman–Crippen LogP) is 2.83. The minimum Gasteiger partial charge on any atom is -0.315 e. The largest absolute Gasteiger partial charge is 0.405 e. The maximum Gasteiger partial charge on any atom is 0.405 e. The SMILES string of the molecule is Cc1cccc(CCNCC(C#N)C(F)(F)F)c1. The molecule has 0 aliphatic rings. The first-order valence-electron chi connectivity index (χ1n) is 5.66. The van der Waals surface area contributed by atoms with Gasteiger partial charge < -0.3 is 5.32 Å². The van der Waals surface area contributed by atoms with Gasteiger partial charge in [-0.05, 0) is 25.5 Å². The molecule has 0 bridgehead atoms. The fourth-order valence-electron chi connectivity index (χ4n) is 1.58. The molecule has 0 aliphatic carbocycles. The zero-order chi connectivity index (χ0) is 13.6. The molecule has 2 nitrogen and oxygen atoms in total. The van der Waals surface area contributed by atoms with E-state index in [1.165, 1.54) is 6.07 Å². The average Bonchev–Trinajstić information content (AvgIpc) is 2.27. The van der Waals surface area contributed by atoms with Gasteiger partial charge >= 0.3 is 6.18 Å². The molecule has 0 fully saturated rings. The first-order chi connectivity index (χ1) is 8.43. The van der Waals surface area contributed by atoms with Crippen LogP contribution in [0.3, 0.4) is 0 Å². The van der Waals surface area contributed by atoms with E-state index in [0.29, 0.717) is 13.0 Å². The van der Waals surface area contributed by atoms with Crippen molar-refractivity contribution in [2.75, 3.05) is 13.1 Å². The van der Waals surface area contributed by atoms with Crippen LogP contribution in [0.25, 0.3) is 0 Å². The smallest absolute Gasteiger partial charge is 0.315 e. The number of aryl methyl sites for hydroxylation is 1. The van der Waals surface area contributed by atoms with Gasteiger partial charge in [0.25, 0.3) is 0 Å². The summed E-state index contributed by atoms with van der Waals surface area (Å²) in [4.78, 5) is 0. The summed E-state index contributed by atoms with van der Waals surface area (Å²) in [5, 5.41) is 11.1. The summed E-state index contributed by atoms with van der Waals surface area (Å²) in [6, 6.07) is 9.07. The van der Waals surface area contributed by atoms with E-state index in [1.54, 1.807) is 0 Å². The van der Waals surface area contributed by atoms with E-state index in [-0.39, 0.29) is 6.54 Å². The highest BCUT2D eigenvalue weighted by molar-refractivity contribution is 5.22. The molecule has 18 heavy (non-hydrogen) atoms. The molecule has 0 amide bonds. The summed E-state index contributed by atoms with van der Waals surface area (Å²) < 4.78 is 36.8. The van der Waals surface area contributed by atoms with Gasteiger partial charge in [-0.15, -0.1) is 0 Å². The first kappa shape index (κ1) is 14.5. The highest BCUT2D eigenvalue weighted by Crippen LogP contribution is 2.24. The molecule has 0 aliphatic heterocycles. The number of hydrogen-bond donors (Lipinski definition) is 1. The number of nitrogens with zero attached hydrogens (tertiary/aromatic N) is 1. The van der Waals surface area contributed by atoms with E-state index >= 15 is 0 Å². The van der Waals surface area contributed by atoms with Crippen LogP contribution in [-0.2, 0) is 6.42 Å². The second kappa shape index (κ2) is 6.41. The summed E-state index contributed by atoms with van der Waals surface area (Å²) >= 11 is 0. The summed E-state index contributed by atoms with van der Waals surface area (Å²) in [7, 11) is 0. The summed E-state index contributed by atoms with van der Waals surface area (Å²) in [6.45, 7) is 2.04. The standard InChI is InChI=1S/C13H15F3N2/c1-10-3-2-4-11(7-10)5-6-18-9-12(8-17)13(14,15)16/h2-4,7,12,18H,5-6,9H2,1H3. The Morgan fingerprint density at radius 3 is 2.67 bits per heavy atom. The van der Waals surface area contributed by atoms with E-state index in [2.05, 4.69) is 5.32 Å². The van der Waals surface area contributed by atoms with Crippen LogP contribution >= 0.6 is 0 Å². The molecule has 0 aromatic heterocycles. The highest BCUT2D eigenvalue weighted by atomic mass is 19.4. The maximum atomic E-state index is 12.3. The minimum absolute atomic E-state index is 0.355. The van der Waals surface area contributed by atoms with Gasteiger partial charge in [0, 0.05) is 6.54 Å². The van der Waals surface area contributed by atoms with Gasteiger partial charge in [0.15, 0.2) is 5.92 Å². The van der Waals surface area contributed by atoms with Crippen LogP contribution in [0.5, 0.6) is 0 Å². The van der Waals surface area contributed by atoms with Crippen LogP contribution in [0.15, 0.2) is 24.3 Å². The molecule has 5 heteroatoms. The van der Waals surface area contributed by atoms with E-state index in [4.69, 9.17) is 5.26 Å². The van der Waals surface area contributed by atoms with Crippen molar-refractivity contribution < 1.29 is 13.2 Å². The molecular weight excluding hydrogens is 241 g/mol. The van der Waals surface area contributed by atoms with Crippen molar-refractivity contribution in [3.8, 4) is 6.07 Å². The highest BCUT2D eigenvalue weighted by Gasteiger charge is 2.39. The van der Waals surface area contributed by atoms with Gasteiger partial charge in [0.1, 0.15) is 0 Å². The fraction of sp³-hybridized carbons (Fsp3) is 0.462. The average molecular weight is 256 g/mol. The second-order valence-corrected chi connectivity index (χ2v) is 4.17. The number of nitriles is 1. The molecule has 1 atom stereocenters. The fourth-order valence-corrected chi connectivity index (χ4v) is 1.58. The zero-order valence-electron chi connectivity index (χ0n) is 10.1. The third-order valence-electron chi connectivity index (χ3n) is 2.57. The van der Waals surface area contributed by atoms with Crippen molar-refractivity contribution in [3.63, 3.8) is 0 Å². The van der Waals surface area contributed by atoms with Gasteiger partial charge in [-0.3, -0.25) is 0 Å². The molecule has 0 heterocycles. The summed E-state index contributed by atoms with van der Waals surface area (Å²) in [5.74, 6) is -1.94. The molecule has 1 N–H and O–H groups in total. The Hall–Kier alpha value is -1.54. The molecule has 1 unspecified atom stereocenters. The van der Waals surface area contributed by atoms with Crippen LogP contribution in [0.1, 0.15) is 11.1 Å². The van der Waals surface area contributed by atoms with E-state index < -0.39 is 12.1 Å². The summed E-state index contributed by atoms with van der Waals surface area (Å²) in [6.07, 6.45) is -3.80. The maximum absolute atomic E-state index is 12.3. The van der Waals surface area contributed by atoms with Gasteiger partial charge in [0.05, 0.1) is 6.07 Å². The normalized spacial score (nSPS) is 13.1. The van der Waals surface area contributed by atoms with E-state index in [1.807, 2.05) is 31.2 Å². The molecule has 0 saturated heterocycles. The Balaban J connectivity index is 2.33. The van der Waals surface area contributed by atoms with Crippen LogP contribution in [0, 0.1) is 24.2 Å². The number of benzene rings is 1. The van der Waals surface area contributed by atoms with Gasteiger partial charge in [-0.25, -0.2) is 0 Å². The molecule has 0 saturated carbocycles. The number of rotatable bonds is 5. The first-order valence-corrected chi connectivity index (χ1v) is 5.66. The molecule has 0 spiro atoms. The Bertz CT molecular complexity index is 421. The number of hydrogen-bond acceptors (Lipinski definition) is 2. The van der Waals surface area contributed by atoms with Crippen LogP contribution in [0.4, 0.5) is 13.2 Å². The van der Waals surface area contributed by atoms with Crippen molar-refractivity contribution in [3.05, 3.63) is 35.4 Å². The Morgan fingerprint density at radius 1 is 1.39 bits per heavy atom. The quantitative estimate of drug-likeness (QED) is 0.822. The van der Waals surface area contributed by atoms with Crippen LogP contribution in [0.2, 0.25) is 0 Å². The van der Waals surface area contributed by atoms with Gasteiger partial charge in [-0.2, -0.15) is 18.4 Å². The zero-order valence-corrected chi connectivity index (χ0v) is 10.1. The lowest BCUT2D eigenvalue weighted by Gasteiger charge is -2.13. The lowest BCUT2D eigenvalue weighted by Crippen LogP contribution is -2.33. The van der Waals surface area contributed by atoms with E-state index in [9.17, 15) is 13.2 Å². The molecule has 0 radical (unpaired) electrons. The summed E-state index contributed by atoms with van der Waals surface area (Å²) in [5.41, 5.74) is 2.20.